The van der Waals surface area contributed by atoms with Crippen molar-refractivity contribution in [2.24, 2.45) is 5.10 Å². The van der Waals surface area contributed by atoms with Gasteiger partial charge in [0.05, 0.1) is 33.1 Å². The molecule has 2 aromatic carbocycles. The average Bonchev–Trinajstić information content (AvgIpc) is 2.67. The fraction of sp³-hybridized carbons (Fsp3) is 0.167. The third-order valence-corrected chi connectivity index (χ3v) is 3.36. The molecule has 130 valence electrons. The highest BCUT2D eigenvalue weighted by atomic mass is 16.5. The lowest BCUT2D eigenvalue weighted by Crippen LogP contribution is -2.17. The third-order valence-electron chi connectivity index (χ3n) is 3.36. The van der Waals surface area contributed by atoms with Gasteiger partial charge in [-0.05, 0) is 35.9 Å². The second kappa shape index (κ2) is 8.49. The van der Waals surface area contributed by atoms with Gasteiger partial charge in [-0.3, -0.25) is 4.79 Å². The Kier molecular flexibility index (Phi) is 6.11. The van der Waals surface area contributed by atoms with Crippen molar-refractivity contribution in [2.45, 2.75) is 0 Å². The number of benzene rings is 2. The fourth-order valence-electron chi connectivity index (χ4n) is 2.03. The highest BCUT2D eigenvalue weighted by molar-refractivity contribution is 5.95. The molecule has 0 radical (unpaired) electrons. The summed E-state index contributed by atoms with van der Waals surface area (Å²) in [5.74, 6) is 0.194. The van der Waals surface area contributed by atoms with Crippen LogP contribution < -0.4 is 14.9 Å². The first-order valence-corrected chi connectivity index (χ1v) is 7.33. The summed E-state index contributed by atoms with van der Waals surface area (Å²) in [5, 5.41) is 3.90. The van der Waals surface area contributed by atoms with Crippen LogP contribution in [0.4, 0.5) is 0 Å². The molecule has 25 heavy (non-hydrogen) atoms. The van der Waals surface area contributed by atoms with Gasteiger partial charge < -0.3 is 14.2 Å². The van der Waals surface area contributed by atoms with Crippen molar-refractivity contribution in [2.75, 3.05) is 21.3 Å². The molecule has 0 aliphatic rings. The predicted octanol–water partition coefficient (Wildman–Crippen LogP) is 2.25. The van der Waals surface area contributed by atoms with Crippen LogP contribution in [0.15, 0.2) is 47.6 Å². The Morgan fingerprint density at radius 1 is 0.920 bits per heavy atom. The normalized spacial score (nSPS) is 10.4. The molecule has 0 bridgehead atoms. The van der Waals surface area contributed by atoms with Gasteiger partial charge in [-0.1, -0.05) is 12.1 Å². The second-order valence-corrected chi connectivity index (χ2v) is 4.88. The highest BCUT2D eigenvalue weighted by Crippen LogP contribution is 2.27. The van der Waals surface area contributed by atoms with Crippen molar-refractivity contribution in [3.05, 3.63) is 59.2 Å². The molecule has 0 spiro atoms. The van der Waals surface area contributed by atoms with E-state index in [-0.39, 0.29) is 5.91 Å². The molecule has 1 amide bonds. The number of rotatable bonds is 6. The van der Waals surface area contributed by atoms with Gasteiger partial charge in [0.15, 0.2) is 11.5 Å². The molecular weight excluding hydrogens is 324 g/mol. The quantitative estimate of drug-likeness (QED) is 0.494. The first-order chi connectivity index (χ1) is 12.1. The number of carbonyl (C=O) groups is 2. The Balaban J connectivity index is 2.01. The van der Waals surface area contributed by atoms with Crippen molar-refractivity contribution >= 4 is 18.1 Å². The first kappa shape index (κ1) is 18.0. The smallest absolute Gasteiger partial charge is 0.337 e. The lowest BCUT2D eigenvalue weighted by molar-refractivity contribution is 0.0600. The summed E-state index contributed by atoms with van der Waals surface area (Å²) in [6.07, 6.45) is 1.47. The minimum atomic E-state index is -0.412. The molecule has 0 atom stereocenters. The van der Waals surface area contributed by atoms with Crippen LogP contribution in [0.25, 0.3) is 0 Å². The summed E-state index contributed by atoms with van der Waals surface area (Å²) in [7, 11) is 4.34. The summed E-state index contributed by atoms with van der Waals surface area (Å²) in [5.41, 5.74) is 3.97. The highest BCUT2D eigenvalue weighted by Gasteiger charge is 2.10. The maximum absolute atomic E-state index is 12.1. The summed E-state index contributed by atoms with van der Waals surface area (Å²) in [6, 6.07) is 11.4. The van der Waals surface area contributed by atoms with Crippen molar-refractivity contribution < 1.29 is 23.8 Å². The molecule has 0 aromatic heterocycles. The van der Waals surface area contributed by atoms with E-state index in [1.54, 1.807) is 42.5 Å². The van der Waals surface area contributed by atoms with E-state index in [4.69, 9.17) is 9.47 Å². The maximum atomic E-state index is 12.1. The van der Waals surface area contributed by atoms with E-state index >= 15 is 0 Å². The molecule has 0 aliphatic carbocycles. The van der Waals surface area contributed by atoms with Crippen LogP contribution in [0.2, 0.25) is 0 Å². The topological polar surface area (TPSA) is 86.2 Å². The van der Waals surface area contributed by atoms with Crippen molar-refractivity contribution in [1.29, 1.82) is 0 Å². The zero-order valence-electron chi connectivity index (χ0n) is 14.1. The Bertz CT molecular complexity index is 785. The molecule has 0 saturated heterocycles. The molecule has 0 heterocycles. The number of methoxy groups -OCH3 is 3. The van der Waals surface area contributed by atoms with Crippen LogP contribution in [0.5, 0.6) is 11.5 Å². The van der Waals surface area contributed by atoms with Gasteiger partial charge in [-0.25, -0.2) is 10.2 Å². The number of esters is 1. The summed E-state index contributed by atoms with van der Waals surface area (Å²) in [6.45, 7) is 0. The lowest BCUT2D eigenvalue weighted by atomic mass is 10.1. The summed E-state index contributed by atoms with van der Waals surface area (Å²) in [4.78, 5) is 23.5. The van der Waals surface area contributed by atoms with E-state index < -0.39 is 5.97 Å². The van der Waals surface area contributed by atoms with E-state index in [1.165, 1.54) is 27.5 Å². The summed E-state index contributed by atoms with van der Waals surface area (Å²) < 4.78 is 14.9. The van der Waals surface area contributed by atoms with E-state index in [9.17, 15) is 9.59 Å². The number of hydrazone groups is 1. The Labute approximate surface area is 145 Å². The zero-order chi connectivity index (χ0) is 18.2. The lowest BCUT2D eigenvalue weighted by Gasteiger charge is -2.08. The SMILES string of the molecule is COC(=O)c1ccc(/C=N\NC(=O)c2ccc(OC)c(OC)c2)cc1. The zero-order valence-corrected chi connectivity index (χ0v) is 14.1. The first-order valence-electron chi connectivity index (χ1n) is 7.33. The average molecular weight is 342 g/mol. The van der Waals surface area contributed by atoms with E-state index in [0.717, 1.165) is 5.56 Å². The Hall–Kier alpha value is -3.35. The second-order valence-electron chi connectivity index (χ2n) is 4.88. The van der Waals surface area contributed by atoms with E-state index in [0.29, 0.717) is 22.6 Å². The third kappa shape index (κ3) is 4.57. The molecule has 7 nitrogen and oxygen atoms in total. The Morgan fingerprint density at radius 3 is 2.16 bits per heavy atom. The van der Waals surface area contributed by atoms with Crippen molar-refractivity contribution in [3.8, 4) is 11.5 Å². The number of amides is 1. The molecule has 0 saturated carbocycles. The van der Waals surface area contributed by atoms with Crippen LogP contribution >= 0.6 is 0 Å². The number of nitrogens with one attached hydrogen (secondary N) is 1. The van der Waals surface area contributed by atoms with E-state index in [1.807, 2.05) is 0 Å². The van der Waals surface area contributed by atoms with Gasteiger partial charge >= 0.3 is 5.97 Å². The van der Waals surface area contributed by atoms with E-state index in [2.05, 4.69) is 15.3 Å². The number of carbonyl (C=O) groups excluding carboxylic acids is 2. The fourth-order valence-corrected chi connectivity index (χ4v) is 2.03. The predicted molar refractivity (Wildman–Crippen MR) is 92.4 cm³/mol. The van der Waals surface area contributed by atoms with Gasteiger partial charge in [0.2, 0.25) is 0 Å². The minimum Gasteiger partial charge on any atom is -0.493 e. The maximum Gasteiger partial charge on any atom is 0.337 e. The van der Waals surface area contributed by atoms with Crippen LogP contribution in [0.1, 0.15) is 26.3 Å². The van der Waals surface area contributed by atoms with Gasteiger partial charge in [0.1, 0.15) is 0 Å². The largest absolute Gasteiger partial charge is 0.493 e. The monoisotopic (exact) mass is 342 g/mol. The number of ether oxygens (including phenoxy) is 3. The van der Waals surface area contributed by atoms with Crippen molar-refractivity contribution in [1.82, 2.24) is 5.43 Å². The molecule has 1 N–H and O–H groups in total. The van der Waals surface area contributed by atoms with Crippen molar-refractivity contribution in [3.63, 3.8) is 0 Å². The van der Waals surface area contributed by atoms with Crippen LogP contribution in [-0.2, 0) is 4.74 Å². The molecule has 0 unspecified atom stereocenters. The standard InChI is InChI=1S/C18H18N2O5/c1-23-15-9-8-14(10-16(15)24-2)17(21)20-19-11-12-4-6-13(7-5-12)18(22)25-3/h4-11H,1-3H3,(H,20,21)/b19-11-. The molecule has 0 aliphatic heterocycles. The van der Waals surface area contributed by atoms with Gasteiger partial charge in [0, 0.05) is 5.56 Å². The molecule has 2 rings (SSSR count). The molecular formula is C18H18N2O5. The molecule has 2 aromatic rings. The minimum absolute atomic E-state index is 0.385. The number of hydrogen-bond donors (Lipinski definition) is 1. The Morgan fingerprint density at radius 2 is 1.56 bits per heavy atom. The van der Waals surface area contributed by atoms with Crippen LogP contribution in [0, 0.1) is 0 Å². The van der Waals surface area contributed by atoms with Gasteiger partial charge in [0.25, 0.3) is 5.91 Å². The van der Waals surface area contributed by atoms with Crippen LogP contribution in [0.3, 0.4) is 0 Å². The summed E-state index contributed by atoms with van der Waals surface area (Å²) >= 11 is 0. The molecule has 0 fully saturated rings. The number of nitrogens with zero attached hydrogens (tertiary/aromatic N) is 1. The van der Waals surface area contributed by atoms with Gasteiger partial charge in [-0.15, -0.1) is 0 Å². The molecule has 7 heteroatoms. The van der Waals surface area contributed by atoms with Crippen LogP contribution in [-0.4, -0.2) is 39.4 Å². The van der Waals surface area contributed by atoms with Gasteiger partial charge in [-0.2, -0.15) is 5.10 Å². The number of hydrogen-bond acceptors (Lipinski definition) is 6.